The second kappa shape index (κ2) is 10.7. The number of carbonyl (C=O) groups is 3. The molecule has 2 aromatic heterocycles. The molecule has 0 bridgehead atoms. The molecule has 0 radical (unpaired) electrons. The van der Waals surface area contributed by atoms with Crippen LogP contribution in [0.4, 0.5) is 5.69 Å². The number of thiophene rings is 1. The molecular formula is C26H31N3O4S. The van der Waals surface area contributed by atoms with E-state index in [1.807, 2.05) is 52.8 Å². The topological polar surface area (TPSA) is 91.7 Å². The van der Waals surface area contributed by atoms with E-state index < -0.39 is 17.5 Å². The number of hydrogen-bond donors (Lipinski definition) is 2. The zero-order valence-electron chi connectivity index (χ0n) is 20.2. The maximum atomic E-state index is 13.6. The largest absolute Gasteiger partial charge is 0.467 e. The van der Waals surface area contributed by atoms with Gasteiger partial charge in [0.1, 0.15) is 5.76 Å². The van der Waals surface area contributed by atoms with Crippen LogP contribution in [0, 0.1) is 13.8 Å². The van der Waals surface area contributed by atoms with Gasteiger partial charge in [0.25, 0.3) is 11.8 Å². The van der Waals surface area contributed by atoms with Crippen molar-refractivity contribution < 1.29 is 18.8 Å². The summed E-state index contributed by atoms with van der Waals surface area (Å²) in [5.41, 5.74) is 1.97. The average molecular weight is 482 g/mol. The number of anilines is 1. The highest BCUT2D eigenvalue weighted by atomic mass is 32.1. The third kappa shape index (κ3) is 6.14. The monoisotopic (exact) mass is 481 g/mol. The molecule has 2 N–H and O–H groups in total. The Bertz CT molecular complexity index is 1120. The Kier molecular flexibility index (Phi) is 7.94. The van der Waals surface area contributed by atoms with Gasteiger partial charge in [0, 0.05) is 11.2 Å². The van der Waals surface area contributed by atoms with E-state index in [0.717, 1.165) is 11.1 Å². The standard InChI is InChI=1S/C26H31N3O4S/c1-6-26(4,5)28-25(32)23(20-9-7-11-33-20)29(19-14-17(2)13-18(3)15-19)22(30)16-27-24(31)21-10-8-12-34-21/h7-15,23H,6,16H2,1-5H3,(H,27,31)(H,28,32)/t23-/m1/s1. The number of carbonyl (C=O) groups excluding carboxylic acids is 3. The lowest BCUT2D eigenvalue weighted by Crippen LogP contribution is -2.52. The van der Waals surface area contributed by atoms with Gasteiger partial charge in [-0.05, 0) is 81.0 Å². The van der Waals surface area contributed by atoms with E-state index in [0.29, 0.717) is 22.7 Å². The molecule has 1 aromatic carbocycles. The van der Waals surface area contributed by atoms with Crippen molar-refractivity contribution in [3.63, 3.8) is 0 Å². The number of nitrogens with zero attached hydrogens (tertiary/aromatic N) is 1. The summed E-state index contributed by atoms with van der Waals surface area (Å²) in [4.78, 5) is 41.6. The molecule has 2 heterocycles. The molecule has 0 saturated carbocycles. The third-order valence-corrected chi connectivity index (χ3v) is 6.43. The molecule has 0 aliphatic heterocycles. The summed E-state index contributed by atoms with van der Waals surface area (Å²) in [5.74, 6) is -0.795. The number of furan rings is 1. The molecule has 7 nitrogen and oxygen atoms in total. The number of aryl methyl sites for hydroxylation is 2. The van der Waals surface area contributed by atoms with Gasteiger partial charge in [-0.1, -0.05) is 19.1 Å². The molecule has 3 amide bonds. The highest BCUT2D eigenvalue weighted by Gasteiger charge is 2.37. The zero-order valence-corrected chi connectivity index (χ0v) is 21.0. The SMILES string of the molecule is CCC(C)(C)NC(=O)[C@@H](c1ccco1)N(C(=O)CNC(=O)c1cccs1)c1cc(C)cc(C)c1. The Morgan fingerprint density at radius 3 is 2.35 bits per heavy atom. The van der Waals surface area contributed by atoms with Crippen molar-refractivity contribution in [3.05, 3.63) is 75.9 Å². The van der Waals surface area contributed by atoms with Crippen molar-refractivity contribution in [2.75, 3.05) is 11.4 Å². The third-order valence-electron chi connectivity index (χ3n) is 5.56. The van der Waals surface area contributed by atoms with Gasteiger partial charge in [-0.15, -0.1) is 11.3 Å². The predicted octanol–water partition coefficient (Wildman–Crippen LogP) is 4.77. The van der Waals surface area contributed by atoms with E-state index in [9.17, 15) is 14.4 Å². The van der Waals surface area contributed by atoms with Crippen LogP contribution in [0.3, 0.4) is 0 Å². The maximum Gasteiger partial charge on any atom is 0.261 e. The molecular weight excluding hydrogens is 450 g/mol. The van der Waals surface area contributed by atoms with Crippen LogP contribution >= 0.6 is 11.3 Å². The van der Waals surface area contributed by atoms with Crippen molar-refractivity contribution >= 4 is 34.7 Å². The van der Waals surface area contributed by atoms with Gasteiger partial charge < -0.3 is 15.1 Å². The molecule has 0 spiro atoms. The van der Waals surface area contributed by atoms with Gasteiger partial charge in [-0.25, -0.2) is 0 Å². The molecule has 3 rings (SSSR count). The van der Waals surface area contributed by atoms with Gasteiger partial charge in [-0.3, -0.25) is 19.3 Å². The lowest BCUT2D eigenvalue weighted by molar-refractivity contribution is -0.128. The Morgan fingerprint density at radius 2 is 1.79 bits per heavy atom. The smallest absolute Gasteiger partial charge is 0.261 e. The summed E-state index contributed by atoms with van der Waals surface area (Å²) in [6, 6.07) is 11.5. The number of amides is 3. The first-order chi connectivity index (χ1) is 16.1. The first-order valence-electron chi connectivity index (χ1n) is 11.2. The fraction of sp³-hybridized carbons (Fsp3) is 0.346. The zero-order chi connectivity index (χ0) is 24.9. The first-order valence-corrected chi connectivity index (χ1v) is 12.1. The summed E-state index contributed by atoms with van der Waals surface area (Å²) in [7, 11) is 0. The Labute approximate surface area is 204 Å². The van der Waals surface area contributed by atoms with E-state index in [1.165, 1.54) is 22.5 Å². The van der Waals surface area contributed by atoms with E-state index in [1.54, 1.807) is 29.6 Å². The molecule has 180 valence electrons. The van der Waals surface area contributed by atoms with Crippen molar-refractivity contribution in [3.8, 4) is 0 Å². The summed E-state index contributed by atoms with van der Waals surface area (Å²) < 4.78 is 5.62. The van der Waals surface area contributed by atoms with E-state index >= 15 is 0 Å². The summed E-state index contributed by atoms with van der Waals surface area (Å²) in [5, 5.41) is 7.52. The minimum atomic E-state index is -1.05. The van der Waals surface area contributed by atoms with E-state index in [-0.39, 0.29) is 18.4 Å². The van der Waals surface area contributed by atoms with Crippen LogP contribution in [-0.4, -0.2) is 29.8 Å². The molecule has 0 aliphatic rings. The number of rotatable bonds is 9. The fourth-order valence-corrected chi connectivity index (χ4v) is 4.21. The fourth-order valence-electron chi connectivity index (χ4n) is 3.57. The van der Waals surface area contributed by atoms with Crippen LogP contribution in [-0.2, 0) is 9.59 Å². The average Bonchev–Trinajstić information content (AvgIpc) is 3.48. The Balaban J connectivity index is 2.01. The Hall–Kier alpha value is -3.39. The highest BCUT2D eigenvalue weighted by molar-refractivity contribution is 7.12. The van der Waals surface area contributed by atoms with Crippen molar-refractivity contribution in [1.29, 1.82) is 0 Å². The molecule has 0 aliphatic carbocycles. The normalized spacial score (nSPS) is 12.1. The lowest BCUT2D eigenvalue weighted by Gasteiger charge is -2.33. The van der Waals surface area contributed by atoms with Crippen LogP contribution in [0.1, 0.15) is 59.8 Å². The lowest BCUT2D eigenvalue weighted by atomic mass is 10.00. The van der Waals surface area contributed by atoms with Crippen LogP contribution < -0.4 is 15.5 Å². The molecule has 0 fully saturated rings. The quantitative estimate of drug-likeness (QED) is 0.461. The minimum Gasteiger partial charge on any atom is -0.467 e. The van der Waals surface area contributed by atoms with E-state index in [4.69, 9.17) is 4.42 Å². The van der Waals surface area contributed by atoms with Crippen LogP contribution in [0.15, 0.2) is 58.5 Å². The molecule has 0 saturated heterocycles. The molecule has 1 atom stereocenters. The molecule has 34 heavy (non-hydrogen) atoms. The number of benzene rings is 1. The second-order valence-electron chi connectivity index (χ2n) is 8.91. The predicted molar refractivity (Wildman–Crippen MR) is 134 cm³/mol. The first kappa shape index (κ1) is 25.2. The van der Waals surface area contributed by atoms with Gasteiger partial charge in [0.2, 0.25) is 5.91 Å². The van der Waals surface area contributed by atoms with Crippen molar-refractivity contribution in [2.45, 2.75) is 52.6 Å². The minimum absolute atomic E-state index is 0.272. The number of hydrogen-bond acceptors (Lipinski definition) is 5. The highest BCUT2D eigenvalue weighted by Crippen LogP contribution is 2.30. The van der Waals surface area contributed by atoms with Gasteiger partial charge >= 0.3 is 0 Å². The maximum absolute atomic E-state index is 13.6. The van der Waals surface area contributed by atoms with Crippen molar-refractivity contribution in [1.82, 2.24) is 10.6 Å². The second-order valence-corrected chi connectivity index (χ2v) is 9.86. The van der Waals surface area contributed by atoms with Crippen LogP contribution in [0.5, 0.6) is 0 Å². The summed E-state index contributed by atoms with van der Waals surface area (Å²) in [6.07, 6.45) is 2.18. The summed E-state index contributed by atoms with van der Waals surface area (Å²) in [6.45, 7) is 9.42. The van der Waals surface area contributed by atoms with Crippen LogP contribution in [0.25, 0.3) is 0 Å². The van der Waals surface area contributed by atoms with E-state index in [2.05, 4.69) is 10.6 Å². The van der Waals surface area contributed by atoms with Gasteiger partial charge in [0.05, 0.1) is 17.7 Å². The van der Waals surface area contributed by atoms with Crippen LogP contribution in [0.2, 0.25) is 0 Å². The molecule has 3 aromatic rings. The molecule has 0 unspecified atom stereocenters. The summed E-state index contributed by atoms with van der Waals surface area (Å²) >= 11 is 1.29. The number of nitrogens with one attached hydrogen (secondary N) is 2. The van der Waals surface area contributed by atoms with Gasteiger partial charge in [-0.2, -0.15) is 0 Å². The molecule has 8 heteroatoms. The van der Waals surface area contributed by atoms with Gasteiger partial charge in [0.15, 0.2) is 6.04 Å². The van der Waals surface area contributed by atoms with Crippen molar-refractivity contribution in [2.24, 2.45) is 0 Å². The Morgan fingerprint density at radius 1 is 1.09 bits per heavy atom.